The number of hydrogen-bond donors (Lipinski definition) is 3. The monoisotopic (exact) mass is 342 g/mol. The van der Waals surface area contributed by atoms with E-state index in [0.717, 1.165) is 6.42 Å². The van der Waals surface area contributed by atoms with Crippen molar-refractivity contribution >= 4 is 10.0 Å². The van der Waals surface area contributed by atoms with E-state index in [1.807, 2.05) is 0 Å². The van der Waals surface area contributed by atoms with Crippen LogP contribution in [0.15, 0.2) is 35.2 Å². The Bertz CT molecular complexity index is 577. The molecule has 1 heterocycles. The van der Waals surface area contributed by atoms with E-state index in [-0.39, 0.29) is 17.0 Å². The maximum absolute atomic E-state index is 12.5. The van der Waals surface area contributed by atoms with Crippen LogP contribution in [0.25, 0.3) is 0 Å². The molecule has 3 atom stereocenters. The number of nitrogens with one attached hydrogen (secondary N) is 2. The van der Waals surface area contributed by atoms with Crippen LogP contribution in [0.4, 0.5) is 0 Å². The number of hydrogen-bond acceptors (Lipinski definition) is 5. The minimum absolute atomic E-state index is 0.147. The van der Waals surface area contributed by atoms with Gasteiger partial charge in [-0.15, -0.1) is 0 Å². The summed E-state index contributed by atoms with van der Waals surface area (Å²) in [4.78, 5) is 0.262. The molecular weight excluding hydrogens is 316 g/mol. The zero-order chi connectivity index (χ0) is 16.9. The lowest BCUT2D eigenvalue weighted by molar-refractivity contribution is -0.0718. The Hall–Kier alpha value is -0.990. The van der Waals surface area contributed by atoms with Crippen LogP contribution in [-0.2, 0) is 14.8 Å². The molecule has 0 spiro atoms. The van der Waals surface area contributed by atoms with Crippen molar-refractivity contribution < 1.29 is 18.3 Å². The molecule has 1 aliphatic heterocycles. The van der Waals surface area contributed by atoms with Crippen molar-refractivity contribution in [2.24, 2.45) is 5.92 Å². The first-order valence-corrected chi connectivity index (χ1v) is 9.47. The van der Waals surface area contributed by atoms with Crippen molar-refractivity contribution in [2.45, 2.75) is 50.0 Å². The van der Waals surface area contributed by atoms with E-state index >= 15 is 0 Å². The van der Waals surface area contributed by atoms with Crippen molar-refractivity contribution in [3.8, 4) is 0 Å². The van der Waals surface area contributed by atoms with Crippen LogP contribution in [0.2, 0.25) is 0 Å². The second-order valence-corrected chi connectivity index (χ2v) is 8.04. The molecule has 0 amide bonds. The number of sulfonamides is 1. The van der Waals surface area contributed by atoms with Crippen LogP contribution in [0.1, 0.15) is 26.7 Å². The molecule has 1 aromatic rings. The Balaban J connectivity index is 2.00. The molecule has 2 rings (SSSR count). The maximum atomic E-state index is 12.5. The molecule has 1 saturated heterocycles. The first-order valence-electron chi connectivity index (χ1n) is 7.99. The summed E-state index contributed by atoms with van der Waals surface area (Å²) >= 11 is 0. The Morgan fingerprint density at radius 2 is 2.00 bits per heavy atom. The summed E-state index contributed by atoms with van der Waals surface area (Å²) in [5.74, 6) is 0.352. The minimum atomic E-state index is -3.55. The SMILES string of the molecule is CC(C)C[C@H](CN[C@H]1CCOC1O)NS(=O)(=O)c1ccccc1. The highest BCUT2D eigenvalue weighted by Crippen LogP contribution is 2.14. The fourth-order valence-corrected chi connectivity index (χ4v) is 3.97. The zero-order valence-electron chi connectivity index (χ0n) is 13.6. The summed E-state index contributed by atoms with van der Waals surface area (Å²) in [6.45, 7) is 5.08. The van der Waals surface area contributed by atoms with Gasteiger partial charge in [0.05, 0.1) is 17.5 Å². The van der Waals surface area contributed by atoms with E-state index in [4.69, 9.17) is 4.74 Å². The number of ether oxygens (including phenoxy) is 1. The van der Waals surface area contributed by atoms with Gasteiger partial charge in [-0.05, 0) is 30.9 Å². The van der Waals surface area contributed by atoms with E-state index in [9.17, 15) is 13.5 Å². The smallest absolute Gasteiger partial charge is 0.240 e. The van der Waals surface area contributed by atoms with Gasteiger partial charge in [0, 0.05) is 12.6 Å². The molecule has 0 bridgehead atoms. The largest absolute Gasteiger partial charge is 0.367 e. The molecule has 3 N–H and O–H groups in total. The molecule has 0 aromatic heterocycles. The third-order valence-electron chi connectivity index (χ3n) is 3.82. The maximum Gasteiger partial charge on any atom is 0.240 e. The lowest BCUT2D eigenvalue weighted by atomic mass is 10.0. The minimum Gasteiger partial charge on any atom is -0.367 e. The summed E-state index contributed by atoms with van der Waals surface area (Å²) in [6.07, 6.45) is 0.615. The van der Waals surface area contributed by atoms with Gasteiger partial charge in [-0.3, -0.25) is 0 Å². The van der Waals surface area contributed by atoms with E-state index in [2.05, 4.69) is 23.9 Å². The van der Waals surface area contributed by atoms with Gasteiger partial charge in [-0.2, -0.15) is 0 Å². The lowest BCUT2D eigenvalue weighted by Gasteiger charge is -2.24. The molecule has 6 nitrogen and oxygen atoms in total. The third kappa shape index (κ3) is 5.54. The van der Waals surface area contributed by atoms with E-state index in [1.54, 1.807) is 30.3 Å². The fraction of sp³-hybridized carbons (Fsp3) is 0.625. The van der Waals surface area contributed by atoms with E-state index < -0.39 is 16.3 Å². The van der Waals surface area contributed by atoms with Gasteiger partial charge in [0.25, 0.3) is 0 Å². The van der Waals surface area contributed by atoms with Gasteiger partial charge >= 0.3 is 0 Å². The van der Waals surface area contributed by atoms with Crippen molar-refractivity contribution in [2.75, 3.05) is 13.2 Å². The molecule has 7 heteroatoms. The molecule has 0 radical (unpaired) electrons. The molecular formula is C16H26N2O4S. The fourth-order valence-electron chi connectivity index (χ4n) is 2.70. The average molecular weight is 342 g/mol. The Morgan fingerprint density at radius 1 is 1.30 bits per heavy atom. The van der Waals surface area contributed by atoms with Crippen LogP contribution in [-0.4, -0.2) is 45.0 Å². The third-order valence-corrected chi connectivity index (χ3v) is 5.36. The molecule has 130 valence electrons. The van der Waals surface area contributed by atoms with Crippen LogP contribution < -0.4 is 10.0 Å². The Kier molecular flexibility index (Phi) is 6.55. The van der Waals surface area contributed by atoms with Gasteiger partial charge in [0.15, 0.2) is 6.29 Å². The van der Waals surface area contributed by atoms with Crippen molar-refractivity contribution in [3.63, 3.8) is 0 Å². The standard InChI is InChI=1S/C16H26N2O4S/c1-12(2)10-13(11-17-15-8-9-22-16(15)19)18-23(20,21)14-6-4-3-5-7-14/h3-7,12-13,15-19H,8-11H2,1-2H3/t13-,15+,16?/m1/s1. The van der Waals surface area contributed by atoms with Crippen LogP contribution in [0.3, 0.4) is 0 Å². The highest BCUT2D eigenvalue weighted by Gasteiger charge is 2.27. The van der Waals surface area contributed by atoms with Gasteiger partial charge < -0.3 is 15.2 Å². The second-order valence-electron chi connectivity index (χ2n) is 6.33. The second kappa shape index (κ2) is 8.21. The van der Waals surface area contributed by atoms with Crippen LogP contribution in [0.5, 0.6) is 0 Å². The zero-order valence-corrected chi connectivity index (χ0v) is 14.4. The van der Waals surface area contributed by atoms with Crippen LogP contribution >= 0.6 is 0 Å². The van der Waals surface area contributed by atoms with Crippen molar-refractivity contribution in [1.82, 2.24) is 10.0 Å². The number of aliphatic hydroxyl groups excluding tert-OH is 1. The highest BCUT2D eigenvalue weighted by molar-refractivity contribution is 7.89. The highest BCUT2D eigenvalue weighted by atomic mass is 32.2. The van der Waals surface area contributed by atoms with Gasteiger partial charge in [0.2, 0.25) is 10.0 Å². The summed E-state index contributed by atoms with van der Waals surface area (Å²) in [7, 11) is -3.55. The number of benzene rings is 1. The summed E-state index contributed by atoms with van der Waals surface area (Å²) < 4.78 is 32.8. The topological polar surface area (TPSA) is 87.7 Å². The quantitative estimate of drug-likeness (QED) is 0.658. The Morgan fingerprint density at radius 3 is 2.57 bits per heavy atom. The van der Waals surface area contributed by atoms with Crippen molar-refractivity contribution in [1.29, 1.82) is 0 Å². The predicted molar refractivity (Wildman–Crippen MR) is 88.4 cm³/mol. The lowest BCUT2D eigenvalue weighted by Crippen LogP contribution is -2.47. The number of aliphatic hydroxyl groups is 1. The summed E-state index contributed by atoms with van der Waals surface area (Å²) in [5, 5.41) is 12.9. The van der Waals surface area contributed by atoms with Crippen LogP contribution in [0, 0.1) is 5.92 Å². The predicted octanol–water partition coefficient (Wildman–Crippen LogP) is 1.08. The molecule has 1 aliphatic rings. The van der Waals surface area contributed by atoms with Gasteiger partial charge in [-0.1, -0.05) is 32.0 Å². The molecule has 23 heavy (non-hydrogen) atoms. The average Bonchev–Trinajstić information content (AvgIpc) is 2.90. The molecule has 1 unspecified atom stereocenters. The van der Waals surface area contributed by atoms with E-state index in [1.165, 1.54) is 0 Å². The Labute approximate surface area is 138 Å². The first-order chi connectivity index (χ1) is 10.9. The van der Waals surface area contributed by atoms with Gasteiger partial charge in [-0.25, -0.2) is 13.1 Å². The molecule has 1 fully saturated rings. The summed E-state index contributed by atoms with van der Waals surface area (Å²) in [6, 6.07) is 7.97. The molecule has 0 saturated carbocycles. The normalized spacial score (nSPS) is 23.3. The molecule has 1 aromatic carbocycles. The van der Waals surface area contributed by atoms with Crippen molar-refractivity contribution in [3.05, 3.63) is 30.3 Å². The number of rotatable bonds is 8. The van der Waals surface area contributed by atoms with E-state index in [0.29, 0.717) is 25.5 Å². The first kappa shape index (κ1) is 18.4. The molecule has 0 aliphatic carbocycles. The van der Waals surface area contributed by atoms with Gasteiger partial charge in [0.1, 0.15) is 0 Å². The summed E-state index contributed by atoms with van der Waals surface area (Å²) in [5.41, 5.74) is 0.